The summed E-state index contributed by atoms with van der Waals surface area (Å²) in [6, 6.07) is 9.62. The zero-order valence-electron chi connectivity index (χ0n) is 19.1. The number of carbonyl (C=O) groups is 1. The van der Waals surface area contributed by atoms with E-state index >= 15 is 0 Å². The lowest BCUT2D eigenvalue weighted by molar-refractivity contribution is -0.658. The number of H-pyrrole nitrogens is 2. The number of hydrogen-bond donors (Lipinski definition) is 5. The van der Waals surface area contributed by atoms with Crippen molar-refractivity contribution in [3.8, 4) is 5.69 Å². The Morgan fingerprint density at radius 2 is 1.79 bits per heavy atom. The Hall–Kier alpha value is -5.47. The van der Waals surface area contributed by atoms with E-state index in [1.165, 1.54) is 47.5 Å². The molecule has 0 bridgehead atoms. The first kappa shape index (κ1) is 24.2. The molecule has 0 aliphatic carbocycles. The number of rotatable bonds is 5. The van der Waals surface area contributed by atoms with E-state index in [2.05, 4.69) is 36.2 Å². The number of aromatic amines is 2. The molecule has 12 nitrogen and oxygen atoms in total. The van der Waals surface area contributed by atoms with Crippen molar-refractivity contribution in [2.45, 2.75) is 6.18 Å². The van der Waals surface area contributed by atoms with E-state index in [0.29, 0.717) is 16.1 Å². The molecule has 38 heavy (non-hydrogen) atoms. The largest absolute Gasteiger partial charge is 0.740 e. The number of hydrogen-bond acceptors (Lipinski definition) is 6. The number of pyridine rings is 1. The molecule has 0 atom stereocenters. The molecule has 0 fully saturated rings. The van der Waals surface area contributed by atoms with E-state index in [1.54, 1.807) is 12.1 Å². The van der Waals surface area contributed by atoms with Gasteiger partial charge in [0.1, 0.15) is 0 Å². The molecule has 192 valence electrons. The van der Waals surface area contributed by atoms with Crippen LogP contribution in [0.4, 0.5) is 40.8 Å². The van der Waals surface area contributed by atoms with Gasteiger partial charge in [-0.3, -0.25) is 14.5 Å². The molecule has 0 saturated carbocycles. The minimum Gasteiger partial charge on any atom is -0.740 e. The molecule has 0 saturated heterocycles. The topological polar surface area (TPSA) is 158 Å². The first-order valence-corrected chi connectivity index (χ1v) is 10.9. The molecule has 3 aromatic heterocycles. The van der Waals surface area contributed by atoms with Crippen LogP contribution < -0.4 is 30.8 Å². The Labute approximate surface area is 210 Å². The molecule has 5 aromatic rings. The molecule has 3 heterocycles. The van der Waals surface area contributed by atoms with Gasteiger partial charge in [-0.25, -0.2) is 4.79 Å². The van der Waals surface area contributed by atoms with Crippen LogP contribution in [0, 0.1) is 5.21 Å². The summed E-state index contributed by atoms with van der Waals surface area (Å²) in [5.74, 6) is 0.154. The van der Waals surface area contributed by atoms with Crippen LogP contribution in [0.3, 0.4) is 0 Å². The van der Waals surface area contributed by atoms with Gasteiger partial charge in [-0.2, -0.15) is 13.2 Å². The van der Waals surface area contributed by atoms with Crippen LogP contribution in [0.15, 0.2) is 78.2 Å². The Morgan fingerprint density at radius 3 is 2.50 bits per heavy atom. The number of carbonyl (C=O) groups excluding carboxylic acids is 1. The summed E-state index contributed by atoms with van der Waals surface area (Å²) < 4.78 is 41.5. The molecular formula is C23H17F3N9O3+. The van der Waals surface area contributed by atoms with Gasteiger partial charge in [0.2, 0.25) is 29.4 Å². The fourth-order valence-corrected chi connectivity index (χ4v) is 3.64. The highest BCUT2D eigenvalue weighted by atomic mass is 19.4. The second kappa shape index (κ2) is 9.53. The lowest BCUT2D eigenvalue weighted by Crippen LogP contribution is -2.34. The molecule has 15 heteroatoms. The number of nitrogens with one attached hydrogen (secondary N) is 5. The van der Waals surface area contributed by atoms with Gasteiger partial charge >= 0.3 is 12.2 Å². The van der Waals surface area contributed by atoms with Crippen LogP contribution in [0.5, 0.6) is 0 Å². The summed E-state index contributed by atoms with van der Waals surface area (Å²) in [5, 5.41) is 26.3. The molecule has 0 aliphatic heterocycles. The van der Waals surface area contributed by atoms with Crippen LogP contribution in [-0.2, 0) is 6.18 Å². The van der Waals surface area contributed by atoms with Gasteiger partial charge in [-0.15, -0.1) is 4.68 Å². The standard InChI is InChI=1S/C23H16F3N9O3/c24-23(25,26)13-1-6-17(34-10-9-29-33-34)16(11-13)32-22(37)31-15-4-2-14(3-5-15)30-20-19-18(36)7-8-27-21(19)35(38)12-28-20/h1-12H,(H4,27,28,29,30,31,32,33,36,37)/p+1. The van der Waals surface area contributed by atoms with Crippen LogP contribution in [0.1, 0.15) is 5.56 Å². The molecule has 2 aromatic carbocycles. The van der Waals surface area contributed by atoms with Crippen molar-refractivity contribution in [1.29, 1.82) is 0 Å². The Kier molecular flexibility index (Phi) is 6.08. The fraction of sp³-hybridized carbons (Fsp3) is 0.0435. The summed E-state index contributed by atoms with van der Waals surface area (Å²) in [5.41, 5.74) is -0.349. The van der Waals surface area contributed by atoms with E-state index in [-0.39, 0.29) is 28.2 Å². The summed E-state index contributed by atoms with van der Waals surface area (Å²) in [4.78, 5) is 31.6. The van der Waals surface area contributed by atoms with Crippen molar-refractivity contribution in [3.05, 3.63) is 94.4 Å². The number of nitrogens with zero attached hydrogens (tertiary/aromatic N) is 4. The minimum atomic E-state index is -4.61. The van der Waals surface area contributed by atoms with E-state index in [9.17, 15) is 28.0 Å². The summed E-state index contributed by atoms with van der Waals surface area (Å²) in [7, 11) is 0. The van der Waals surface area contributed by atoms with Gasteiger partial charge in [0.25, 0.3) is 0 Å². The van der Waals surface area contributed by atoms with E-state index in [0.717, 1.165) is 18.5 Å². The lowest BCUT2D eigenvalue weighted by atomic mass is 10.1. The number of halogens is 3. The first-order chi connectivity index (χ1) is 18.2. The number of aromatic nitrogens is 6. The Balaban J connectivity index is 1.33. The normalized spacial score (nSPS) is 11.3. The van der Waals surface area contributed by atoms with Crippen LogP contribution in [-0.4, -0.2) is 26.3 Å². The maximum Gasteiger partial charge on any atom is 0.416 e. The van der Waals surface area contributed by atoms with Gasteiger partial charge in [0, 0.05) is 22.5 Å². The SMILES string of the molecule is O=C(Nc1ccc(Nc2nc[n+]([O-])c3[nH]ccc(=O)c23)cc1)Nc1cc(C(F)(F)F)ccc1-[n+]1ccn[nH]1. The summed E-state index contributed by atoms with van der Waals surface area (Å²) in [6.45, 7) is 0. The zero-order valence-corrected chi connectivity index (χ0v) is 19.1. The number of amides is 2. The highest BCUT2D eigenvalue weighted by Crippen LogP contribution is 2.32. The van der Waals surface area contributed by atoms with Crippen molar-refractivity contribution in [2.75, 3.05) is 16.0 Å². The molecule has 5 N–H and O–H groups in total. The van der Waals surface area contributed by atoms with Crippen molar-refractivity contribution in [2.24, 2.45) is 0 Å². The average molecular weight is 524 g/mol. The number of fused-ring (bicyclic) bond motifs is 1. The van der Waals surface area contributed by atoms with Crippen LogP contribution in [0.25, 0.3) is 16.7 Å². The van der Waals surface area contributed by atoms with Crippen molar-refractivity contribution >= 4 is 39.9 Å². The quantitative estimate of drug-likeness (QED) is 0.176. The second-order valence-corrected chi connectivity index (χ2v) is 7.89. The highest BCUT2D eigenvalue weighted by Gasteiger charge is 2.32. The highest BCUT2D eigenvalue weighted by molar-refractivity contribution is 6.01. The number of benzene rings is 2. The van der Waals surface area contributed by atoms with E-state index in [4.69, 9.17) is 0 Å². The third kappa shape index (κ3) is 4.92. The predicted octanol–water partition coefficient (Wildman–Crippen LogP) is 2.96. The molecule has 0 unspecified atom stereocenters. The molecule has 0 aliphatic rings. The van der Waals surface area contributed by atoms with Crippen molar-refractivity contribution < 1.29 is 27.4 Å². The first-order valence-electron chi connectivity index (χ1n) is 10.9. The van der Waals surface area contributed by atoms with Crippen molar-refractivity contribution in [1.82, 2.24) is 20.3 Å². The Bertz CT molecular complexity index is 1690. The zero-order chi connectivity index (χ0) is 26.9. The maximum atomic E-state index is 13.2. The summed E-state index contributed by atoms with van der Waals surface area (Å²) in [6.07, 6.45) is 0.631. The maximum absolute atomic E-state index is 13.2. The molecule has 0 radical (unpaired) electrons. The Morgan fingerprint density at radius 1 is 1.03 bits per heavy atom. The van der Waals surface area contributed by atoms with E-state index in [1.807, 2.05) is 0 Å². The molecule has 0 spiro atoms. The monoisotopic (exact) mass is 524 g/mol. The third-order valence-corrected chi connectivity index (χ3v) is 5.38. The van der Waals surface area contributed by atoms with Gasteiger partial charge < -0.3 is 21.2 Å². The smallest absolute Gasteiger partial charge is 0.416 e. The number of alkyl halides is 3. The molecular weight excluding hydrogens is 507 g/mol. The predicted molar refractivity (Wildman–Crippen MR) is 129 cm³/mol. The molecule has 2 amide bonds. The van der Waals surface area contributed by atoms with Crippen molar-refractivity contribution in [3.63, 3.8) is 0 Å². The van der Waals surface area contributed by atoms with Gasteiger partial charge in [-0.05, 0) is 42.5 Å². The molecule has 5 rings (SSSR count). The van der Waals surface area contributed by atoms with Gasteiger partial charge in [-0.1, -0.05) is 10.2 Å². The van der Waals surface area contributed by atoms with Crippen LogP contribution >= 0.6 is 0 Å². The fourth-order valence-electron chi connectivity index (χ4n) is 3.64. The number of urea groups is 1. The summed E-state index contributed by atoms with van der Waals surface area (Å²) >= 11 is 0. The van der Waals surface area contributed by atoms with E-state index < -0.39 is 23.2 Å². The van der Waals surface area contributed by atoms with Crippen LogP contribution in [0.2, 0.25) is 0 Å². The third-order valence-electron chi connectivity index (χ3n) is 5.38. The van der Waals surface area contributed by atoms with Gasteiger partial charge in [0.15, 0.2) is 17.3 Å². The number of anilines is 4. The average Bonchev–Trinajstić information content (AvgIpc) is 3.41. The lowest BCUT2D eigenvalue weighted by Gasteiger charge is -2.13. The van der Waals surface area contributed by atoms with Gasteiger partial charge in [0.05, 0.1) is 17.4 Å². The minimum absolute atomic E-state index is 0.0345. The second-order valence-electron chi connectivity index (χ2n) is 7.89.